The van der Waals surface area contributed by atoms with Gasteiger partial charge in [-0.15, -0.1) is 0 Å². The Morgan fingerprint density at radius 3 is 2.82 bits per heavy atom. The maximum atomic E-state index is 12.8. The summed E-state index contributed by atoms with van der Waals surface area (Å²) in [6.45, 7) is 3.82. The highest BCUT2D eigenvalue weighted by Gasteiger charge is 2.28. The van der Waals surface area contributed by atoms with E-state index in [2.05, 4.69) is 10.6 Å². The summed E-state index contributed by atoms with van der Waals surface area (Å²) in [4.78, 5) is 39.5. The average molecular weight is 399 g/mol. The molecular weight excluding hydrogens is 378 g/mol. The number of benzene rings is 1. The molecule has 1 aromatic heterocycles. The van der Waals surface area contributed by atoms with Crippen LogP contribution in [0.4, 0.5) is 5.69 Å². The van der Waals surface area contributed by atoms with E-state index in [1.807, 2.05) is 29.7 Å². The molecule has 0 unspecified atom stereocenters. The summed E-state index contributed by atoms with van der Waals surface area (Å²) >= 11 is 1.84. The fraction of sp³-hybridized carbons (Fsp3) is 0.350. The van der Waals surface area contributed by atoms with Gasteiger partial charge in [0.25, 0.3) is 17.7 Å². The smallest absolute Gasteiger partial charge is 0.259 e. The number of aryl methyl sites for hydroxylation is 1. The zero-order valence-electron chi connectivity index (χ0n) is 15.5. The molecule has 2 aliphatic rings. The number of nitrogens with one attached hydrogen (secondary N) is 2. The van der Waals surface area contributed by atoms with Crippen molar-refractivity contribution < 1.29 is 18.8 Å². The molecule has 1 fully saturated rings. The Labute approximate surface area is 166 Å². The third-order valence-electron chi connectivity index (χ3n) is 5.01. The standard InChI is InChI=1S/C20H21N3O4S/c1-12-2-3-13(20(26)23-6-8-28-9-7-23)10-15(12)22-18(24)14-11-27-16-4-5-21-19(25)17(14)16/h2-3,10-11H,4-9H2,1H3,(H,21,25)(H,22,24). The molecule has 3 amide bonds. The molecule has 4 rings (SSSR count). The van der Waals surface area contributed by atoms with Gasteiger partial charge in [0.2, 0.25) is 0 Å². The zero-order valence-corrected chi connectivity index (χ0v) is 16.4. The van der Waals surface area contributed by atoms with Gasteiger partial charge in [-0.25, -0.2) is 0 Å². The minimum atomic E-state index is -0.427. The molecule has 2 aliphatic heterocycles. The lowest BCUT2D eigenvalue weighted by Crippen LogP contribution is -2.37. The van der Waals surface area contributed by atoms with Gasteiger partial charge in [0.05, 0.1) is 11.1 Å². The second kappa shape index (κ2) is 7.71. The van der Waals surface area contributed by atoms with E-state index in [0.29, 0.717) is 35.5 Å². The predicted octanol–water partition coefficient (Wildman–Crippen LogP) is 2.32. The van der Waals surface area contributed by atoms with Crippen LogP contribution in [0.2, 0.25) is 0 Å². The number of hydrogen-bond donors (Lipinski definition) is 2. The molecular formula is C20H21N3O4S. The molecule has 0 aliphatic carbocycles. The first-order valence-electron chi connectivity index (χ1n) is 9.22. The van der Waals surface area contributed by atoms with Crippen molar-refractivity contribution in [1.82, 2.24) is 10.2 Å². The molecule has 1 saturated heterocycles. The van der Waals surface area contributed by atoms with Crippen molar-refractivity contribution in [3.63, 3.8) is 0 Å². The molecule has 0 saturated carbocycles. The topological polar surface area (TPSA) is 91.7 Å². The first-order valence-corrected chi connectivity index (χ1v) is 10.4. The van der Waals surface area contributed by atoms with Crippen LogP contribution in [0.5, 0.6) is 0 Å². The van der Waals surface area contributed by atoms with Crippen molar-refractivity contribution in [2.45, 2.75) is 13.3 Å². The lowest BCUT2D eigenvalue weighted by Gasteiger charge is -2.26. The van der Waals surface area contributed by atoms with Crippen LogP contribution < -0.4 is 10.6 Å². The number of hydrogen-bond acceptors (Lipinski definition) is 5. The Morgan fingerprint density at radius 2 is 2.04 bits per heavy atom. The van der Waals surface area contributed by atoms with Crippen molar-refractivity contribution >= 4 is 35.2 Å². The van der Waals surface area contributed by atoms with E-state index in [9.17, 15) is 14.4 Å². The highest BCUT2D eigenvalue weighted by Crippen LogP contribution is 2.24. The van der Waals surface area contributed by atoms with Gasteiger partial charge in [0, 0.05) is 48.8 Å². The highest BCUT2D eigenvalue weighted by atomic mass is 32.2. The van der Waals surface area contributed by atoms with E-state index < -0.39 is 5.91 Å². The molecule has 3 heterocycles. The fourth-order valence-corrected chi connectivity index (χ4v) is 4.31. The molecule has 7 nitrogen and oxygen atoms in total. The van der Waals surface area contributed by atoms with Gasteiger partial charge >= 0.3 is 0 Å². The molecule has 1 aromatic carbocycles. The van der Waals surface area contributed by atoms with Crippen LogP contribution in [0.3, 0.4) is 0 Å². The summed E-state index contributed by atoms with van der Waals surface area (Å²) in [5.41, 5.74) is 2.42. The summed E-state index contributed by atoms with van der Waals surface area (Å²) in [7, 11) is 0. The number of thioether (sulfide) groups is 1. The first kappa shape index (κ1) is 18.6. The van der Waals surface area contributed by atoms with Crippen LogP contribution in [0.1, 0.15) is 42.4 Å². The summed E-state index contributed by atoms with van der Waals surface area (Å²) in [6.07, 6.45) is 1.88. The molecule has 0 bridgehead atoms. The number of amides is 3. The first-order chi connectivity index (χ1) is 13.5. The van der Waals surface area contributed by atoms with Crippen LogP contribution in [0, 0.1) is 6.92 Å². The van der Waals surface area contributed by atoms with E-state index in [-0.39, 0.29) is 17.4 Å². The average Bonchev–Trinajstić information content (AvgIpc) is 3.15. The molecule has 146 valence electrons. The van der Waals surface area contributed by atoms with Crippen molar-refractivity contribution in [2.75, 3.05) is 36.5 Å². The Balaban J connectivity index is 1.56. The summed E-state index contributed by atoms with van der Waals surface area (Å²) in [6, 6.07) is 5.30. The molecule has 0 atom stereocenters. The Kier molecular flexibility index (Phi) is 5.13. The predicted molar refractivity (Wildman–Crippen MR) is 107 cm³/mol. The number of carbonyl (C=O) groups excluding carboxylic acids is 3. The normalized spacial score (nSPS) is 16.3. The van der Waals surface area contributed by atoms with Crippen LogP contribution in [-0.4, -0.2) is 53.8 Å². The number of anilines is 1. The lowest BCUT2D eigenvalue weighted by molar-refractivity contribution is 0.0771. The van der Waals surface area contributed by atoms with Crippen molar-refractivity contribution in [2.24, 2.45) is 0 Å². The second-order valence-corrected chi connectivity index (χ2v) is 8.07. The van der Waals surface area contributed by atoms with Gasteiger partial charge < -0.3 is 20.0 Å². The molecule has 2 aromatic rings. The van der Waals surface area contributed by atoms with E-state index in [4.69, 9.17) is 4.42 Å². The number of carbonyl (C=O) groups is 3. The minimum absolute atomic E-state index is 0.0316. The monoisotopic (exact) mass is 399 g/mol. The second-order valence-electron chi connectivity index (χ2n) is 6.84. The lowest BCUT2D eigenvalue weighted by atomic mass is 10.0. The van der Waals surface area contributed by atoms with Crippen LogP contribution in [0.25, 0.3) is 0 Å². The molecule has 2 N–H and O–H groups in total. The van der Waals surface area contributed by atoms with Crippen LogP contribution >= 0.6 is 11.8 Å². The molecule has 0 radical (unpaired) electrons. The van der Waals surface area contributed by atoms with Gasteiger partial charge in [-0.3, -0.25) is 14.4 Å². The maximum absolute atomic E-state index is 12.8. The maximum Gasteiger partial charge on any atom is 0.259 e. The highest BCUT2D eigenvalue weighted by molar-refractivity contribution is 7.99. The Hall–Kier alpha value is -2.74. The van der Waals surface area contributed by atoms with Crippen LogP contribution in [-0.2, 0) is 6.42 Å². The van der Waals surface area contributed by atoms with Crippen LogP contribution in [0.15, 0.2) is 28.9 Å². The number of rotatable bonds is 3. The quantitative estimate of drug-likeness (QED) is 0.826. The van der Waals surface area contributed by atoms with Crippen molar-refractivity contribution in [1.29, 1.82) is 0 Å². The van der Waals surface area contributed by atoms with E-state index in [0.717, 1.165) is 30.2 Å². The SMILES string of the molecule is Cc1ccc(C(=O)N2CCSCC2)cc1NC(=O)c1coc2c1C(=O)NCC2. The zero-order chi connectivity index (χ0) is 19.7. The minimum Gasteiger partial charge on any atom is -0.468 e. The fourth-order valence-electron chi connectivity index (χ4n) is 3.40. The van der Waals surface area contributed by atoms with E-state index >= 15 is 0 Å². The third-order valence-corrected chi connectivity index (χ3v) is 5.95. The number of fused-ring (bicyclic) bond motifs is 1. The summed E-state index contributed by atoms with van der Waals surface area (Å²) in [5.74, 6) is 1.64. The van der Waals surface area contributed by atoms with E-state index in [1.165, 1.54) is 6.26 Å². The van der Waals surface area contributed by atoms with E-state index in [1.54, 1.807) is 12.1 Å². The van der Waals surface area contributed by atoms with Crippen molar-refractivity contribution in [3.8, 4) is 0 Å². The molecule has 0 spiro atoms. The third kappa shape index (κ3) is 3.52. The Bertz CT molecular complexity index is 947. The largest absolute Gasteiger partial charge is 0.468 e. The molecule has 28 heavy (non-hydrogen) atoms. The van der Waals surface area contributed by atoms with Gasteiger partial charge in [0.15, 0.2) is 0 Å². The summed E-state index contributed by atoms with van der Waals surface area (Å²) < 4.78 is 5.40. The number of nitrogens with zero attached hydrogens (tertiary/aromatic N) is 1. The Morgan fingerprint density at radius 1 is 1.25 bits per heavy atom. The summed E-state index contributed by atoms with van der Waals surface area (Å²) in [5, 5.41) is 5.55. The molecule has 8 heteroatoms. The van der Waals surface area contributed by atoms with Gasteiger partial charge in [-0.1, -0.05) is 6.07 Å². The number of furan rings is 1. The van der Waals surface area contributed by atoms with Gasteiger partial charge in [-0.2, -0.15) is 11.8 Å². The van der Waals surface area contributed by atoms with Gasteiger partial charge in [0.1, 0.15) is 12.0 Å². The van der Waals surface area contributed by atoms with Crippen molar-refractivity contribution in [3.05, 3.63) is 52.5 Å². The van der Waals surface area contributed by atoms with Gasteiger partial charge in [-0.05, 0) is 24.6 Å².